The van der Waals surface area contributed by atoms with Gasteiger partial charge in [-0.1, -0.05) is 13.3 Å². The summed E-state index contributed by atoms with van der Waals surface area (Å²) in [6, 6.07) is 0.242. The molecule has 0 N–H and O–H groups in total. The van der Waals surface area contributed by atoms with E-state index >= 15 is 0 Å². The maximum Gasteiger partial charge on any atom is 0.115 e. The van der Waals surface area contributed by atoms with Crippen LogP contribution in [-0.4, -0.2) is 19.5 Å². The molecule has 1 unspecified atom stereocenters. The summed E-state index contributed by atoms with van der Waals surface area (Å²) in [6.45, 7) is 3.89. The van der Waals surface area contributed by atoms with Crippen LogP contribution in [0.15, 0.2) is 37.4 Å². The van der Waals surface area contributed by atoms with Crippen molar-refractivity contribution in [1.29, 1.82) is 0 Å². The average molecular weight is 201 g/mol. The van der Waals surface area contributed by atoms with E-state index in [-0.39, 0.29) is 6.04 Å². The van der Waals surface area contributed by atoms with Crippen molar-refractivity contribution >= 4 is 0 Å². The summed E-state index contributed by atoms with van der Waals surface area (Å²) in [5, 5.41) is 0. The van der Waals surface area contributed by atoms with Crippen LogP contribution in [0.5, 0.6) is 0 Å². The number of nitrogens with zero attached hydrogens (tertiary/aromatic N) is 4. The van der Waals surface area contributed by atoms with Gasteiger partial charge in [0, 0.05) is 30.4 Å². The maximum absolute atomic E-state index is 4.05. The van der Waals surface area contributed by atoms with Crippen LogP contribution in [-0.2, 0) is 0 Å². The fourth-order valence-electron chi connectivity index (χ4n) is 1.62. The number of hydrogen-bond donors (Lipinski definition) is 0. The number of imidazole rings is 1. The average Bonchev–Trinajstić information content (AvgIpc) is 2.80. The molecule has 0 saturated heterocycles. The first-order valence-electron chi connectivity index (χ1n) is 4.93. The highest BCUT2D eigenvalue weighted by Gasteiger charge is 2.12. The molecule has 77 valence electrons. The smallest absolute Gasteiger partial charge is 0.115 e. The van der Waals surface area contributed by atoms with Crippen LogP contribution in [0.1, 0.15) is 24.4 Å². The maximum atomic E-state index is 4.05. The van der Waals surface area contributed by atoms with Gasteiger partial charge in [0.15, 0.2) is 0 Å². The predicted octanol–water partition coefficient (Wildman–Crippen LogP) is 1.88. The zero-order valence-corrected chi connectivity index (χ0v) is 8.45. The Kier molecular flexibility index (Phi) is 3.07. The molecule has 0 bridgehead atoms. The van der Waals surface area contributed by atoms with Gasteiger partial charge in [0.25, 0.3) is 0 Å². The highest BCUT2D eigenvalue weighted by molar-refractivity contribution is 5.11. The Bertz CT molecular complexity index is 382. The van der Waals surface area contributed by atoms with Crippen molar-refractivity contribution in [3.63, 3.8) is 0 Å². The van der Waals surface area contributed by atoms with E-state index in [0.717, 1.165) is 18.4 Å². The summed E-state index contributed by atoms with van der Waals surface area (Å²) in [6.07, 6.45) is 12.6. The van der Waals surface area contributed by atoms with Crippen molar-refractivity contribution in [3.05, 3.63) is 49.9 Å². The summed E-state index contributed by atoms with van der Waals surface area (Å²) in [5.74, 6) is 0. The molecule has 0 aliphatic heterocycles. The van der Waals surface area contributed by atoms with Gasteiger partial charge in [0.1, 0.15) is 6.33 Å². The second-order valence-corrected chi connectivity index (χ2v) is 3.34. The summed E-state index contributed by atoms with van der Waals surface area (Å²) >= 11 is 0. The first-order chi connectivity index (χ1) is 7.42. The molecule has 1 radical (unpaired) electrons. The van der Waals surface area contributed by atoms with Crippen molar-refractivity contribution in [2.24, 2.45) is 0 Å². The van der Waals surface area contributed by atoms with Gasteiger partial charge < -0.3 is 4.57 Å². The Morgan fingerprint density at radius 3 is 2.67 bits per heavy atom. The summed E-state index contributed by atoms with van der Waals surface area (Å²) in [5.41, 5.74) is 1.10. The third-order valence-electron chi connectivity index (χ3n) is 2.33. The molecule has 4 nitrogen and oxygen atoms in total. The molecular formula is C11H13N4. The monoisotopic (exact) mass is 201 g/mol. The highest BCUT2D eigenvalue weighted by atomic mass is 15.1. The quantitative estimate of drug-likeness (QED) is 0.758. The lowest BCUT2D eigenvalue weighted by Crippen LogP contribution is -2.09. The molecule has 0 spiro atoms. The van der Waals surface area contributed by atoms with Gasteiger partial charge in [-0.2, -0.15) is 0 Å². The first kappa shape index (κ1) is 9.83. The van der Waals surface area contributed by atoms with Crippen molar-refractivity contribution in [3.8, 4) is 0 Å². The highest BCUT2D eigenvalue weighted by Crippen LogP contribution is 2.21. The van der Waals surface area contributed by atoms with Gasteiger partial charge in [-0.3, -0.25) is 0 Å². The van der Waals surface area contributed by atoms with E-state index < -0.39 is 0 Å². The zero-order chi connectivity index (χ0) is 10.5. The van der Waals surface area contributed by atoms with Crippen molar-refractivity contribution < 1.29 is 0 Å². The summed E-state index contributed by atoms with van der Waals surface area (Å²) in [4.78, 5) is 12.1. The van der Waals surface area contributed by atoms with Gasteiger partial charge in [0.05, 0.1) is 12.4 Å². The van der Waals surface area contributed by atoms with E-state index in [9.17, 15) is 0 Å². The zero-order valence-electron chi connectivity index (χ0n) is 8.45. The Balaban J connectivity index is 2.28. The third kappa shape index (κ3) is 2.21. The van der Waals surface area contributed by atoms with Gasteiger partial charge in [-0.15, -0.1) is 0 Å². The Morgan fingerprint density at radius 2 is 2.07 bits per heavy atom. The van der Waals surface area contributed by atoms with E-state index in [2.05, 4.69) is 26.4 Å². The lowest BCUT2D eigenvalue weighted by Gasteiger charge is -2.16. The molecule has 0 fully saturated rings. The third-order valence-corrected chi connectivity index (χ3v) is 2.33. The summed E-state index contributed by atoms with van der Waals surface area (Å²) < 4.78 is 2.06. The van der Waals surface area contributed by atoms with Crippen LogP contribution < -0.4 is 0 Å². The van der Waals surface area contributed by atoms with Crippen molar-refractivity contribution in [2.75, 3.05) is 0 Å². The van der Waals surface area contributed by atoms with Crippen molar-refractivity contribution in [1.82, 2.24) is 19.5 Å². The van der Waals surface area contributed by atoms with E-state index in [1.807, 2.05) is 24.9 Å². The van der Waals surface area contributed by atoms with Crippen LogP contribution >= 0.6 is 0 Å². The number of hydrogen-bond acceptors (Lipinski definition) is 3. The van der Waals surface area contributed by atoms with E-state index in [1.54, 1.807) is 12.5 Å². The Labute approximate surface area is 89.0 Å². The Hall–Kier alpha value is -1.71. The van der Waals surface area contributed by atoms with Crippen LogP contribution in [0.3, 0.4) is 0 Å². The molecule has 0 aliphatic carbocycles. The number of rotatable bonds is 4. The molecule has 2 aromatic heterocycles. The molecule has 2 aromatic rings. The van der Waals surface area contributed by atoms with E-state index in [4.69, 9.17) is 0 Å². The van der Waals surface area contributed by atoms with Crippen molar-refractivity contribution in [2.45, 2.75) is 18.9 Å². The van der Waals surface area contributed by atoms with Crippen LogP contribution in [0, 0.1) is 6.92 Å². The summed E-state index contributed by atoms with van der Waals surface area (Å²) in [7, 11) is 0. The molecule has 4 heteroatoms. The second-order valence-electron chi connectivity index (χ2n) is 3.34. The van der Waals surface area contributed by atoms with E-state index in [1.165, 1.54) is 0 Å². The molecule has 2 heterocycles. The minimum Gasteiger partial charge on any atom is -0.330 e. The van der Waals surface area contributed by atoms with E-state index in [0.29, 0.717) is 0 Å². The molecule has 0 aromatic carbocycles. The normalized spacial score (nSPS) is 12.6. The van der Waals surface area contributed by atoms with Crippen LogP contribution in [0.25, 0.3) is 0 Å². The Morgan fingerprint density at radius 1 is 1.27 bits per heavy atom. The standard InChI is InChI=1S/C11H13N4/c1-2-3-11(15-5-4-12-9-15)10-6-13-8-14-7-10/h4-9,11H,1-3H2. The van der Waals surface area contributed by atoms with Crippen LogP contribution in [0.2, 0.25) is 0 Å². The molecule has 0 amide bonds. The molecular weight excluding hydrogens is 188 g/mol. The molecule has 15 heavy (non-hydrogen) atoms. The second kappa shape index (κ2) is 4.68. The lowest BCUT2D eigenvalue weighted by atomic mass is 10.1. The predicted molar refractivity (Wildman–Crippen MR) is 57.0 cm³/mol. The fraction of sp³-hybridized carbons (Fsp3) is 0.273. The van der Waals surface area contributed by atoms with Crippen LogP contribution in [0.4, 0.5) is 0 Å². The van der Waals surface area contributed by atoms with Gasteiger partial charge in [-0.25, -0.2) is 15.0 Å². The molecule has 0 aliphatic rings. The SMILES string of the molecule is [CH2]CCC(c1cncnc1)n1ccnc1. The van der Waals surface area contributed by atoms with Gasteiger partial charge in [0.2, 0.25) is 0 Å². The minimum absolute atomic E-state index is 0.242. The molecule has 0 saturated carbocycles. The van der Waals surface area contributed by atoms with Gasteiger partial charge >= 0.3 is 0 Å². The van der Waals surface area contributed by atoms with Gasteiger partial charge in [-0.05, 0) is 6.42 Å². The number of aromatic nitrogens is 4. The largest absolute Gasteiger partial charge is 0.330 e. The topological polar surface area (TPSA) is 43.6 Å². The minimum atomic E-state index is 0.242. The lowest BCUT2D eigenvalue weighted by molar-refractivity contribution is 0.540. The fourth-order valence-corrected chi connectivity index (χ4v) is 1.62. The molecule has 1 atom stereocenters. The molecule has 2 rings (SSSR count). The first-order valence-corrected chi connectivity index (χ1v) is 4.93.